The van der Waals surface area contributed by atoms with E-state index in [-0.39, 0.29) is 6.61 Å². The first-order chi connectivity index (χ1) is 11.1. The Hall–Kier alpha value is -2.69. The normalized spacial score (nSPS) is 10.2. The fourth-order valence-electron chi connectivity index (χ4n) is 2.07. The van der Waals surface area contributed by atoms with E-state index in [0.717, 1.165) is 11.3 Å². The zero-order chi connectivity index (χ0) is 16.7. The van der Waals surface area contributed by atoms with Crippen molar-refractivity contribution in [1.29, 1.82) is 0 Å². The first-order valence-electron chi connectivity index (χ1n) is 7.56. The first-order valence-corrected chi connectivity index (χ1v) is 7.56. The van der Waals surface area contributed by atoms with E-state index in [1.807, 2.05) is 31.2 Å². The van der Waals surface area contributed by atoms with Gasteiger partial charge in [-0.05, 0) is 43.7 Å². The van der Waals surface area contributed by atoms with Crippen molar-refractivity contribution in [3.05, 3.63) is 53.6 Å². The number of nitrogens with two attached hydrogens (primary N) is 1. The molecule has 5 heteroatoms. The predicted molar refractivity (Wildman–Crippen MR) is 90.8 cm³/mol. The Morgan fingerprint density at radius 2 is 1.83 bits per heavy atom. The van der Waals surface area contributed by atoms with E-state index in [2.05, 4.69) is 24.4 Å². The summed E-state index contributed by atoms with van der Waals surface area (Å²) in [6.45, 7) is 4.97. The predicted octanol–water partition coefficient (Wildman–Crippen LogP) is 2.87. The SMILES string of the molecule is CCOc1cc(CNc2ccc(C)cc2)ccc1OCC(N)=O. The topological polar surface area (TPSA) is 73.6 Å². The molecule has 5 nitrogen and oxygen atoms in total. The summed E-state index contributed by atoms with van der Waals surface area (Å²) in [5, 5.41) is 3.36. The van der Waals surface area contributed by atoms with Crippen molar-refractivity contribution in [2.24, 2.45) is 5.73 Å². The molecule has 0 aliphatic carbocycles. The van der Waals surface area contributed by atoms with E-state index in [1.54, 1.807) is 6.07 Å². The van der Waals surface area contributed by atoms with Crippen LogP contribution in [0.1, 0.15) is 18.1 Å². The van der Waals surface area contributed by atoms with Gasteiger partial charge in [-0.1, -0.05) is 23.8 Å². The quantitative estimate of drug-likeness (QED) is 0.786. The summed E-state index contributed by atoms with van der Waals surface area (Å²) < 4.78 is 10.9. The summed E-state index contributed by atoms with van der Waals surface area (Å²) >= 11 is 0. The van der Waals surface area contributed by atoms with Gasteiger partial charge < -0.3 is 20.5 Å². The van der Waals surface area contributed by atoms with Crippen LogP contribution in [0.5, 0.6) is 11.5 Å². The van der Waals surface area contributed by atoms with Gasteiger partial charge in [0.05, 0.1) is 6.61 Å². The zero-order valence-corrected chi connectivity index (χ0v) is 13.5. The maximum Gasteiger partial charge on any atom is 0.255 e. The summed E-state index contributed by atoms with van der Waals surface area (Å²) in [6, 6.07) is 13.8. The lowest BCUT2D eigenvalue weighted by atomic mass is 10.2. The summed E-state index contributed by atoms with van der Waals surface area (Å²) in [6.07, 6.45) is 0. The summed E-state index contributed by atoms with van der Waals surface area (Å²) in [5.41, 5.74) is 8.44. The van der Waals surface area contributed by atoms with Gasteiger partial charge in [0.25, 0.3) is 5.91 Å². The summed E-state index contributed by atoms with van der Waals surface area (Å²) in [7, 11) is 0. The molecule has 0 bridgehead atoms. The molecule has 23 heavy (non-hydrogen) atoms. The average molecular weight is 314 g/mol. The number of primary amides is 1. The van der Waals surface area contributed by atoms with Crippen LogP contribution in [0.15, 0.2) is 42.5 Å². The van der Waals surface area contributed by atoms with Crippen molar-refractivity contribution in [2.75, 3.05) is 18.5 Å². The molecule has 122 valence electrons. The molecule has 0 aliphatic rings. The van der Waals surface area contributed by atoms with Crippen LogP contribution in [0, 0.1) is 6.92 Å². The Morgan fingerprint density at radius 3 is 2.48 bits per heavy atom. The van der Waals surface area contributed by atoms with Crippen LogP contribution in [0.3, 0.4) is 0 Å². The van der Waals surface area contributed by atoms with Gasteiger partial charge in [-0.15, -0.1) is 0 Å². The second kappa shape index (κ2) is 8.08. The minimum Gasteiger partial charge on any atom is -0.490 e. The fraction of sp³-hybridized carbons (Fsp3) is 0.278. The lowest BCUT2D eigenvalue weighted by Gasteiger charge is -2.13. The highest BCUT2D eigenvalue weighted by Crippen LogP contribution is 2.28. The van der Waals surface area contributed by atoms with Crippen LogP contribution in [-0.4, -0.2) is 19.1 Å². The molecule has 0 atom stereocenters. The molecule has 0 unspecified atom stereocenters. The second-order valence-electron chi connectivity index (χ2n) is 5.19. The molecule has 1 amide bonds. The number of anilines is 1. The molecule has 2 aromatic carbocycles. The molecule has 0 fully saturated rings. The van der Waals surface area contributed by atoms with Crippen molar-refractivity contribution in [2.45, 2.75) is 20.4 Å². The van der Waals surface area contributed by atoms with Crippen molar-refractivity contribution in [1.82, 2.24) is 0 Å². The largest absolute Gasteiger partial charge is 0.490 e. The highest BCUT2D eigenvalue weighted by Gasteiger charge is 2.08. The molecule has 2 aromatic rings. The Balaban J connectivity index is 2.05. The van der Waals surface area contributed by atoms with E-state index >= 15 is 0 Å². The maximum absolute atomic E-state index is 10.8. The number of carbonyl (C=O) groups is 1. The maximum atomic E-state index is 10.8. The monoisotopic (exact) mass is 314 g/mol. The third kappa shape index (κ3) is 5.21. The molecule has 0 spiro atoms. The molecule has 0 saturated carbocycles. The average Bonchev–Trinajstić information content (AvgIpc) is 2.53. The van der Waals surface area contributed by atoms with Gasteiger partial charge >= 0.3 is 0 Å². The van der Waals surface area contributed by atoms with Crippen LogP contribution in [-0.2, 0) is 11.3 Å². The number of hydrogen-bond acceptors (Lipinski definition) is 4. The third-order valence-corrected chi connectivity index (χ3v) is 3.23. The first kappa shape index (κ1) is 16.7. The summed E-state index contributed by atoms with van der Waals surface area (Å²) in [4.78, 5) is 10.8. The number of ether oxygens (including phenoxy) is 2. The number of carbonyl (C=O) groups excluding carboxylic acids is 1. The van der Waals surface area contributed by atoms with Crippen molar-refractivity contribution in [3.8, 4) is 11.5 Å². The Kier molecular flexibility index (Phi) is 5.86. The van der Waals surface area contributed by atoms with Crippen LogP contribution < -0.4 is 20.5 Å². The van der Waals surface area contributed by atoms with Crippen molar-refractivity contribution < 1.29 is 14.3 Å². The zero-order valence-electron chi connectivity index (χ0n) is 13.5. The number of rotatable bonds is 8. The highest BCUT2D eigenvalue weighted by molar-refractivity contribution is 5.75. The van der Waals surface area contributed by atoms with E-state index in [1.165, 1.54) is 5.56 Å². The van der Waals surface area contributed by atoms with E-state index in [9.17, 15) is 4.79 Å². The van der Waals surface area contributed by atoms with Crippen LogP contribution >= 0.6 is 0 Å². The second-order valence-corrected chi connectivity index (χ2v) is 5.19. The van der Waals surface area contributed by atoms with Crippen LogP contribution in [0.4, 0.5) is 5.69 Å². The standard InChI is InChI=1S/C18H22N2O3/c1-3-22-17-10-14(6-9-16(17)23-12-18(19)21)11-20-15-7-4-13(2)5-8-15/h4-10,20H,3,11-12H2,1-2H3,(H2,19,21). The molecule has 2 rings (SSSR count). The van der Waals surface area contributed by atoms with E-state index < -0.39 is 5.91 Å². The molecular weight excluding hydrogens is 292 g/mol. The van der Waals surface area contributed by atoms with Crippen molar-refractivity contribution >= 4 is 11.6 Å². The van der Waals surface area contributed by atoms with E-state index in [0.29, 0.717) is 24.7 Å². The van der Waals surface area contributed by atoms with Crippen molar-refractivity contribution in [3.63, 3.8) is 0 Å². The van der Waals surface area contributed by atoms with Gasteiger partial charge in [0, 0.05) is 12.2 Å². The fourth-order valence-corrected chi connectivity index (χ4v) is 2.07. The minimum absolute atomic E-state index is 0.166. The molecular formula is C18H22N2O3. The number of aryl methyl sites for hydroxylation is 1. The Morgan fingerprint density at radius 1 is 1.09 bits per heavy atom. The van der Waals surface area contributed by atoms with Crippen LogP contribution in [0.25, 0.3) is 0 Å². The third-order valence-electron chi connectivity index (χ3n) is 3.23. The number of nitrogens with one attached hydrogen (secondary N) is 1. The number of benzene rings is 2. The molecule has 0 radical (unpaired) electrons. The van der Waals surface area contributed by atoms with Gasteiger partial charge in [0.15, 0.2) is 18.1 Å². The Labute approximate surface area is 136 Å². The Bertz CT molecular complexity index is 654. The minimum atomic E-state index is -0.516. The number of amides is 1. The molecule has 0 aliphatic heterocycles. The lowest BCUT2D eigenvalue weighted by molar-refractivity contribution is -0.119. The van der Waals surface area contributed by atoms with Gasteiger partial charge in [0.2, 0.25) is 0 Å². The van der Waals surface area contributed by atoms with Gasteiger partial charge in [-0.25, -0.2) is 0 Å². The molecule has 0 aromatic heterocycles. The molecule has 0 heterocycles. The van der Waals surface area contributed by atoms with E-state index in [4.69, 9.17) is 15.2 Å². The van der Waals surface area contributed by atoms with Crippen LogP contribution in [0.2, 0.25) is 0 Å². The lowest BCUT2D eigenvalue weighted by Crippen LogP contribution is -2.20. The number of hydrogen-bond donors (Lipinski definition) is 2. The highest BCUT2D eigenvalue weighted by atomic mass is 16.5. The smallest absolute Gasteiger partial charge is 0.255 e. The van der Waals surface area contributed by atoms with Gasteiger partial charge in [0.1, 0.15) is 0 Å². The molecule has 3 N–H and O–H groups in total. The van der Waals surface area contributed by atoms with Gasteiger partial charge in [-0.2, -0.15) is 0 Å². The molecule has 0 saturated heterocycles. The summed E-state index contributed by atoms with van der Waals surface area (Å²) in [5.74, 6) is 0.610. The van der Waals surface area contributed by atoms with Gasteiger partial charge in [-0.3, -0.25) is 4.79 Å².